The predicted molar refractivity (Wildman–Crippen MR) is 61.8 cm³/mol. The molecule has 0 spiro atoms. The molecule has 2 aromatic heterocycles. The lowest BCUT2D eigenvalue weighted by atomic mass is 10.4. The topological polar surface area (TPSA) is 116 Å². The average molecular weight is 271 g/mol. The molecular formula is C9H13N5O3S. The van der Waals surface area contributed by atoms with Crippen molar-refractivity contribution in [2.24, 2.45) is 5.14 Å². The molecule has 2 aromatic rings. The zero-order valence-corrected chi connectivity index (χ0v) is 10.3. The number of nitrogens with two attached hydrogens (primary N) is 1. The van der Waals surface area contributed by atoms with Gasteiger partial charge in [-0.05, 0) is 12.1 Å². The molecule has 0 atom stereocenters. The third-order valence-corrected chi connectivity index (χ3v) is 2.99. The van der Waals surface area contributed by atoms with Gasteiger partial charge in [0.2, 0.25) is 5.09 Å². The van der Waals surface area contributed by atoms with Gasteiger partial charge in [0.05, 0.1) is 19.3 Å². The Bertz CT molecular complexity index is 590. The normalized spacial score (nSPS) is 11.8. The Labute approximate surface area is 104 Å². The maximum Gasteiger partial charge on any atom is 0.271 e. The van der Waals surface area contributed by atoms with E-state index in [1.54, 1.807) is 23.1 Å². The third kappa shape index (κ3) is 3.39. The Morgan fingerprint density at radius 2 is 2.28 bits per heavy atom. The number of nitrogens with one attached hydrogen (secondary N) is 1. The van der Waals surface area contributed by atoms with Crippen molar-refractivity contribution in [1.82, 2.24) is 20.3 Å². The van der Waals surface area contributed by atoms with Crippen molar-refractivity contribution in [3.05, 3.63) is 30.3 Å². The van der Waals surface area contributed by atoms with Crippen LogP contribution in [0.25, 0.3) is 0 Å². The molecule has 98 valence electrons. The van der Waals surface area contributed by atoms with Crippen LogP contribution >= 0.6 is 0 Å². The Hall–Kier alpha value is -1.71. The fourth-order valence-electron chi connectivity index (χ4n) is 1.36. The molecule has 0 aliphatic heterocycles. The Balaban J connectivity index is 1.79. The van der Waals surface area contributed by atoms with Crippen LogP contribution in [-0.4, -0.2) is 30.0 Å². The van der Waals surface area contributed by atoms with Crippen LogP contribution in [0.2, 0.25) is 0 Å². The molecule has 0 unspecified atom stereocenters. The fourth-order valence-corrected chi connectivity index (χ4v) is 1.84. The molecule has 18 heavy (non-hydrogen) atoms. The Morgan fingerprint density at radius 3 is 2.89 bits per heavy atom. The second-order valence-corrected chi connectivity index (χ2v) is 5.10. The summed E-state index contributed by atoms with van der Waals surface area (Å²) in [6, 6.07) is 2.91. The minimum Gasteiger partial charge on any atom is -0.447 e. The van der Waals surface area contributed by atoms with Crippen LogP contribution in [-0.2, 0) is 23.1 Å². The van der Waals surface area contributed by atoms with E-state index >= 15 is 0 Å². The largest absolute Gasteiger partial charge is 0.447 e. The van der Waals surface area contributed by atoms with Gasteiger partial charge in [0.15, 0.2) is 0 Å². The van der Waals surface area contributed by atoms with Gasteiger partial charge < -0.3 is 9.73 Å². The molecule has 0 amide bonds. The molecule has 0 aromatic carbocycles. The molecule has 0 saturated heterocycles. The fraction of sp³-hybridized carbons (Fsp3) is 0.333. The van der Waals surface area contributed by atoms with Crippen LogP contribution in [0, 0.1) is 0 Å². The van der Waals surface area contributed by atoms with Gasteiger partial charge in [-0.25, -0.2) is 13.6 Å². The van der Waals surface area contributed by atoms with E-state index in [4.69, 9.17) is 9.56 Å². The monoisotopic (exact) mass is 271 g/mol. The first-order valence-corrected chi connectivity index (χ1v) is 6.77. The van der Waals surface area contributed by atoms with E-state index in [0.717, 1.165) is 0 Å². The molecule has 8 nitrogen and oxygen atoms in total. The van der Waals surface area contributed by atoms with Crippen molar-refractivity contribution in [3.63, 3.8) is 0 Å². The smallest absolute Gasteiger partial charge is 0.271 e. The Kier molecular flexibility index (Phi) is 3.75. The first-order chi connectivity index (χ1) is 8.55. The predicted octanol–water partition coefficient (Wildman–Crippen LogP) is -0.692. The van der Waals surface area contributed by atoms with E-state index in [9.17, 15) is 8.42 Å². The Morgan fingerprint density at radius 1 is 1.44 bits per heavy atom. The van der Waals surface area contributed by atoms with E-state index in [2.05, 4.69) is 15.6 Å². The SMILES string of the molecule is NS(=O)(=O)c1ccc(CNCCn2ccnn2)o1. The highest BCUT2D eigenvalue weighted by atomic mass is 32.2. The number of hydrogen-bond donors (Lipinski definition) is 2. The number of sulfonamides is 1. The molecule has 0 fully saturated rings. The molecule has 0 aliphatic rings. The standard InChI is InChI=1S/C9H13N5O3S/c10-18(15,16)9-2-1-8(17-9)7-11-3-5-14-6-4-12-13-14/h1-2,4,6,11H,3,5,7H2,(H2,10,15,16). The first kappa shape index (κ1) is 12.7. The summed E-state index contributed by atoms with van der Waals surface area (Å²) in [7, 11) is -3.76. The summed E-state index contributed by atoms with van der Waals surface area (Å²) < 4.78 is 28.7. The average Bonchev–Trinajstić information content (AvgIpc) is 2.95. The van der Waals surface area contributed by atoms with Crippen molar-refractivity contribution in [2.45, 2.75) is 18.2 Å². The summed E-state index contributed by atoms with van der Waals surface area (Å²) in [6.07, 6.45) is 3.36. The lowest BCUT2D eigenvalue weighted by Crippen LogP contribution is -2.19. The van der Waals surface area contributed by atoms with Gasteiger partial charge in [-0.1, -0.05) is 5.21 Å². The number of nitrogens with zero attached hydrogens (tertiary/aromatic N) is 3. The second kappa shape index (κ2) is 5.29. The van der Waals surface area contributed by atoms with Crippen LogP contribution in [0.1, 0.15) is 5.76 Å². The molecule has 0 radical (unpaired) electrons. The molecule has 0 saturated carbocycles. The van der Waals surface area contributed by atoms with Crippen LogP contribution in [0.15, 0.2) is 34.0 Å². The van der Waals surface area contributed by atoms with E-state index in [-0.39, 0.29) is 5.09 Å². The summed E-state index contributed by atoms with van der Waals surface area (Å²) >= 11 is 0. The van der Waals surface area contributed by atoms with Crippen LogP contribution in [0.3, 0.4) is 0 Å². The molecule has 9 heteroatoms. The lowest BCUT2D eigenvalue weighted by Gasteiger charge is -2.02. The van der Waals surface area contributed by atoms with Gasteiger partial charge in [0, 0.05) is 12.7 Å². The van der Waals surface area contributed by atoms with Crippen molar-refractivity contribution in [1.29, 1.82) is 0 Å². The zero-order chi connectivity index (χ0) is 13.0. The molecule has 0 bridgehead atoms. The van der Waals surface area contributed by atoms with Gasteiger partial charge >= 0.3 is 0 Å². The highest BCUT2D eigenvalue weighted by Crippen LogP contribution is 2.11. The van der Waals surface area contributed by atoms with Crippen molar-refractivity contribution in [2.75, 3.05) is 6.54 Å². The van der Waals surface area contributed by atoms with Crippen molar-refractivity contribution in [3.8, 4) is 0 Å². The van der Waals surface area contributed by atoms with Crippen molar-refractivity contribution >= 4 is 10.0 Å². The minimum atomic E-state index is -3.76. The molecule has 0 aliphatic carbocycles. The van der Waals surface area contributed by atoms with Crippen LogP contribution < -0.4 is 10.5 Å². The third-order valence-electron chi connectivity index (χ3n) is 2.21. The molecule has 2 rings (SSSR count). The van der Waals surface area contributed by atoms with E-state index in [1.165, 1.54) is 6.07 Å². The summed E-state index contributed by atoms with van der Waals surface area (Å²) in [5, 5.41) is 15.3. The number of furan rings is 1. The van der Waals surface area contributed by atoms with E-state index < -0.39 is 10.0 Å². The second-order valence-electron chi connectivity index (χ2n) is 3.61. The van der Waals surface area contributed by atoms with Gasteiger partial charge in [0.1, 0.15) is 5.76 Å². The van der Waals surface area contributed by atoms with Gasteiger partial charge in [-0.15, -0.1) is 5.10 Å². The maximum atomic E-state index is 11.0. The number of aromatic nitrogens is 3. The van der Waals surface area contributed by atoms with E-state index in [0.29, 0.717) is 25.4 Å². The quantitative estimate of drug-likeness (QED) is 0.672. The van der Waals surface area contributed by atoms with E-state index in [1.807, 2.05) is 0 Å². The number of rotatable bonds is 6. The summed E-state index contributed by atoms with van der Waals surface area (Å²) in [5.74, 6) is 0.512. The minimum absolute atomic E-state index is 0.226. The van der Waals surface area contributed by atoms with Crippen molar-refractivity contribution < 1.29 is 12.8 Å². The number of primary sulfonamides is 1. The highest BCUT2D eigenvalue weighted by molar-refractivity contribution is 7.89. The molecule has 2 heterocycles. The summed E-state index contributed by atoms with van der Waals surface area (Å²) in [5.41, 5.74) is 0. The number of hydrogen-bond acceptors (Lipinski definition) is 6. The zero-order valence-electron chi connectivity index (χ0n) is 9.48. The van der Waals surface area contributed by atoms with Gasteiger partial charge in [-0.3, -0.25) is 4.68 Å². The summed E-state index contributed by atoms with van der Waals surface area (Å²) in [6.45, 7) is 1.75. The van der Waals surface area contributed by atoms with Crippen LogP contribution in [0.5, 0.6) is 0 Å². The highest BCUT2D eigenvalue weighted by Gasteiger charge is 2.12. The van der Waals surface area contributed by atoms with Gasteiger partial charge in [-0.2, -0.15) is 0 Å². The molecule has 3 N–H and O–H groups in total. The maximum absolute atomic E-state index is 11.0. The summed E-state index contributed by atoms with van der Waals surface area (Å²) in [4.78, 5) is 0. The lowest BCUT2D eigenvalue weighted by molar-refractivity contribution is 0.399. The first-order valence-electron chi connectivity index (χ1n) is 5.22. The van der Waals surface area contributed by atoms with Crippen LogP contribution in [0.4, 0.5) is 0 Å². The molecular weight excluding hydrogens is 258 g/mol. The van der Waals surface area contributed by atoms with Gasteiger partial charge in [0.25, 0.3) is 10.0 Å².